The second-order valence-corrected chi connectivity index (χ2v) is 8.40. The molecule has 0 heterocycles. The summed E-state index contributed by atoms with van der Waals surface area (Å²) in [5.74, 6) is -0.837. The highest BCUT2D eigenvalue weighted by Crippen LogP contribution is 2.17. The fraction of sp³-hybridized carbons (Fsp3) is 0.350. The molecule has 0 fully saturated rings. The molecule has 1 N–H and O–H groups in total. The van der Waals surface area contributed by atoms with Gasteiger partial charge in [-0.15, -0.1) is 0 Å². The second kappa shape index (κ2) is 8.47. The Kier molecular flexibility index (Phi) is 6.56. The summed E-state index contributed by atoms with van der Waals surface area (Å²) in [7, 11) is -3.82. The van der Waals surface area contributed by atoms with Gasteiger partial charge < -0.3 is 4.74 Å². The maximum absolute atomic E-state index is 12.7. The van der Waals surface area contributed by atoms with Gasteiger partial charge in [-0.1, -0.05) is 50.2 Å². The summed E-state index contributed by atoms with van der Waals surface area (Å²) < 4.78 is 33.1. The third-order valence-electron chi connectivity index (χ3n) is 4.22. The van der Waals surface area contributed by atoms with Gasteiger partial charge in [-0.3, -0.25) is 4.79 Å². The Labute approximate surface area is 155 Å². The number of ether oxygens (including phenoxy) is 1. The maximum atomic E-state index is 12.7. The Hall–Kier alpha value is -2.18. The van der Waals surface area contributed by atoms with E-state index < -0.39 is 22.0 Å². The van der Waals surface area contributed by atoms with E-state index in [9.17, 15) is 13.2 Å². The van der Waals surface area contributed by atoms with Crippen LogP contribution in [0.3, 0.4) is 0 Å². The van der Waals surface area contributed by atoms with Crippen molar-refractivity contribution >= 4 is 16.0 Å². The van der Waals surface area contributed by atoms with Crippen LogP contribution in [-0.4, -0.2) is 20.4 Å². The molecule has 2 aromatic rings. The molecule has 0 spiro atoms. The second-order valence-electron chi connectivity index (χ2n) is 6.68. The van der Waals surface area contributed by atoms with E-state index in [2.05, 4.69) is 4.72 Å². The summed E-state index contributed by atoms with van der Waals surface area (Å²) in [6.07, 6.45) is 0. The molecule has 140 valence electrons. The first kappa shape index (κ1) is 20.1. The molecule has 0 bridgehead atoms. The van der Waals surface area contributed by atoms with E-state index in [0.29, 0.717) is 0 Å². The molecule has 0 aliphatic carbocycles. The van der Waals surface area contributed by atoms with Crippen LogP contribution in [-0.2, 0) is 26.2 Å². The fourth-order valence-corrected chi connectivity index (χ4v) is 3.81. The molecule has 0 amide bonds. The molecule has 0 saturated heterocycles. The van der Waals surface area contributed by atoms with Crippen molar-refractivity contribution in [3.05, 3.63) is 65.2 Å². The van der Waals surface area contributed by atoms with E-state index in [-0.39, 0.29) is 17.4 Å². The molecule has 0 unspecified atom stereocenters. The molecule has 1 atom stereocenters. The standard InChI is InChI=1S/C20H25NO4S/c1-14(2)19(20(22)25-13-17-8-6-5-7-9-17)21-26(23,24)18-11-10-15(3)16(4)12-18/h5-12,14,19,21H,13H2,1-4H3/t19-/m1/s1. The van der Waals surface area contributed by atoms with Gasteiger partial charge in [-0.05, 0) is 48.6 Å². The molecule has 0 aliphatic heterocycles. The molecular formula is C20H25NO4S. The van der Waals surface area contributed by atoms with Crippen molar-refractivity contribution in [1.29, 1.82) is 0 Å². The van der Waals surface area contributed by atoms with Gasteiger partial charge in [0.15, 0.2) is 0 Å². The summed E-state index contributed by atoms with van der Waals surface area (Å²) in [4.78, 5) is 12.6. The molecule has 6 heteroatoms. The minimum Gasteiger partial charge on any atom is -0.460 e. The summed E-state index contributed by atoms with van der Waals surface area (Å²) in [5.41, 5.74) is 2.73. The first-order valence-electron chi connectivity index (χ1n) is 8.51. The van der Waals surface area contributed by atoms with Gasteiger partial charge in [-0.2, -0.15) is 4.72 Å². The zero-order valence-electron chi connectivity index (χ0n) is 15.5. The van der Waals surface area contributed by atoms with Crippen LogP contribution in [0.5, 0.6) is 0 Å². The van der Waals surface area contributed by atoms with Crippen LogP contribution < -0.4 is 4.72 Å². The smallest absolute Gasteiger partial charge is 0.324 e. The highest BCUT2D eigenvalue weighted by molar-refractivity contribution is 7.89. The Balaban J connectivity index is 2.13. The predicted molar refractivity (Wildman–Crippen MR) is 101 cm³/mol. The summed E-state index contributed by atoms with van der Waals surface area (Å²) in [6, 6.07) is 13.2. The lowest BCUT2D eigenvalue weighted by Crippen LogP contribution is -2.45. The molecule has 5 nitrogen and oxygen atoms in total. The minimum atomic E-state index is -3.82. The number of aryl methyl sites for hydroxylation is 2. The van der Waals surface area contributed by atoms with Gasteiger partial charge in [0, 0.05) is 0 Å². The van der Waals surface area contributed by atoms with Crippen molar-refractivity contribution < 1.29 is 17.9 Å². The number of carbonyl (C=O) groups excluding carboxylic acids is 1. The third-order valence-corrected chi connectivity index (χ3v) is 5.65. The molecular weight excluding hydrogens is 350 g/mol. The van der Waals surface area contributed by atoms with Crippen LogP contribution >= 0.6 is 0 Å². The molecule has 2 aromatic carbocycles. The van der Waals surface area contributed by atoms with Crippen LogP contribution in [0.2, 0.25) is 0 Å². The number of hydrogen-bond donors (Lipinski definition) is 1. The third kappa shape index (κ3) is 5.16. The Bertz CT molecular complexity index is 861. The topological polar surface area (TPSA) is 72.5 Å². The summed E-state index contributed by atoms with van der Waals surface area (Å²) >= 11 is 0. The molecule has 0 saturated carbocycles. The van der Waals surface area contributed by atoms with Crippen molar-refractivity contribution in [2.45, 2.75) is 45.2 Å². The van der Waals surface area contributed by atoms with Crippen LogP contribution in [0.25, 0.3) is 0 Å². The average Bonchev–Trinajstić information content (AvgIpc) is 2.60. The SMILES string of the molecule is Cc1ccc(S(=O)(=O)N[C@@H](C(=O)OCc2ccccc2)C(C)C)cc1C. The van der Waals surface area contributed by atoms with Gasteiger partial charge in [0.25, 0.3) is 0 Å². The number of carbonyl (C=O) groups is 1. The zero-order chi connectivity index (χ0) is 19.3. The fourth-order valence-electron chi connectivity index (χ4n) is 2.39. The van der Waals surface area contributed by atoms with Crippen LogP contribution in [0.15, 0.2) is 53.4 Å². The van der Waals surface area contributed by atoms with Crippen LogP contribution in [0, 0.1) is 19.8 Å². The molecule has 2 rings (SSSR count). The van der Waals surface area contributed by atoms with Crippen molar-refractivity contribution in [1.82, 2.24) is 4.72 Å². The summed E-state index contributed by atoms with van der Waals surface area (Å²) in [5, 5.41) is 0. The number of hydrogen-bond acceptors (Lipinski definition) is 4. The Morgan fingerprint density at radius 3 is 2.27 bits per heavy atom. The predicted octanol–water partition coefficient (Wildman–Crippen LogP) is 3.35. The van der Waals surface area contributed by atoms with Gasteiger partial charge in [0.2, 0.25) is 10.0 Å². The average molecular weight is 375 g/mol. The maximum Gasteiger partial charge on any atom is 0.324 e. The van der Waals surface area contributed by atoms with E-state index >= 15 is 0 Å². The van der Waals surface area contributed by atoms with Gasteiger partial charge in [0.05, 0.1) is 4.90 Å². The minimum absolute atomic E-state index is 0.105. The number of sulfonamides is 1. The first-order valence-corrected chi connectivity index (χ1v) is 9.99. The highest BCUT2D eigenvalue weighted by Gasteiger charge is 2.29. The monoisotopic (exact) mass is 375 g/mol. The first-order chi connectivity index (χ1) is 12.2. The van der Waals surface area contributed by atoms with Crippen molar-refractivity contribution in [3.63, 3.8) is 0 Å². The molecule has 0 radical (unpaired) electrons. The number of benzene rings is 2. The van der Waals surface area contributed by atoms with E-state index in [1.54, 1.807) is 26.0 Å². The lowest BCUT2D eigenvalue weighted by atomic mass is 10.1. The number of esters is 1. The van der Waals surface area contributed by atoms with Gasteiger partial charge in [-0.25, -0.2) is 8.42 Å². The molecule has 0 aliphatic rings. The van der Waals surface area contributed by atoms with E-state index in [1.165, 1.54) is 6.07 Å². The molecule has 26 heavy (non-hydrogen) atoms. The van der Waals surface area contributed by atoms with E-state index in [1.807, 2.05) is 44.2 Å². The van der Waals surface area contributed by atoms with Crippen molar-refractivity contribution in [2.24, 2.45) is 5.92 Å². The van der Waals surface area contributed by atoms with Crippen LogP contribution in [0.4, 0.5) is 0 Å². The zero-order valence-corrected chi connectivity index (χ0v) is 16.3. The van der Waals surface area contributed by atoms with Crippen LogP contribution in [0.1, 0.15) is 30.5 Å². The lowest BCUT2D eigenvalue weighted by Gasteiger charge is -2.21. The Morgan fingerprint density at radius 1 is 1.04 bits per heavy atom. The summed E-state index contributed by atoms with van der Waals surface area (Å²) in [6.45, 7) is 7.42. The van der Waals surface area contributed by atoms with Gasteiger partial charge >= 0.3 is 5.97 Å². The van der Waals surface area contributed by atoms with E-state index in [0.717, 1.165) is 16.7 Å². The molecule has 0 aromatic heterocycles. The van der Waals surface area contributed by atoms with Gasteiger partial charge in [0.1, 0.15) is 12.6 Å². The highest BCUT2D eigenvalue weighted by atomic mass is 32.2. The Morgan fingerprint density at radius 2 is 1.69 bits per heavy atom. The normalized spacial score (nSPS) is 12.8. The van der Waals surface area contributed by atoms with Crippen molar-refractivity contribution in [2.75, 3.05) is 0 Å². The van der Waals surface area contributed by atoms with Crippen molar-refractivity contribution in [3.8, 4) is 0 Å². The lowest BCUT2D eigenvalue weighted by molar-refractivity contribution is -0.148. The number of rotatable bonds is 7. The van der Waals surface area contributed by atoms with E-state index in [4.69, 9.17) is 4.74 Å². The quantitative estimate of drug-likeness (QED) is 0.753. The number of nitrogens with one attached hydrogen (secondary N) is 1. The largest absolute Gasteiger partial charge is 0.460 e.